The number of halogens is 6. The summed E-state index contributed by atoms with van der Waals surface area (Å²) >= 11 is 0. The Morgan fingerprint density at radius 3 is 1.39 bits per heavy atom. The van der Waals surface area contributed by atoms with Crippen molar-refractivity contribution in [2.45, 2.75) is 25.6 Å². The lowest BCUT2D eigenvalue weighted by Crippen LogP contribution is -2.13. The number of nitrogens with zero attached hydrogens (tertiary/aromatic N) is 2. The fourth-order valence-corrected chi connectivity index (χ4v) is 4.40. The number of benzene rings is 2. The Morgan fingerprint density at radius 1 is 0.636 bits per heavy atom. The van der Waals surface area contributed by atoms with E-state index in [2.05, 4.69) is 9.97 Å². The van der Waals surface area contributed by atoms with Crippen LogP contribution >= 0.6 is 0 Å². The number of hydrogen-bond acceptors (Lipinski definition) is 7. The molecule has 2 heterocycles. The molecule has 0 spiro atoms. The molecule has 0 aliphatic heterocycles. The van der Waals surface area contributed by atoms with E-state index in [1.54, 1.807) is 12.2 Å². The highest BCUT2D eigenvalue weighted by Gasteiger charge is 2.30. The third-order valence-electron chi connectivity index (χ3n) is 5.86. The van der Waals surface area contributed by atoms with Gasteiger partial charge in [-0.05, 0) is 47.5 Å². The Morgan fingerprint density at radius 2 is 1.02 bits per heavy atom. The van der Waals surface area contributed by atoms with Crippen LogP contribution in [0.4, 0.5) is 26.3 Å². The molecule has 14 heteroatoms. The Balaban J connectivity index is 1.08. The molecule has 0 saturated heterocycles. The van der Waals surface area contributed by atoms with Crippen molar-refractivity contribution in [3.8, 4) is 0 Å². The molecule has 0 fully saturated rings. The van der Waals surface area contributed by atoms with Gasteiger partial charge in [-0.25, -0.2) is 9.97 Å². The molecule has 0 bridgehead atoms. The molecule has 0 aliphatic rings. The summed E-state index contributed by atoms with van der Waals surface area (Å²) in [5.74, 6) is 1.09. The molecule has 0 atom stereocenters. The van der Waals surface area contributed by atoms with Crippen LogP contribution < -0.4 is 0 Å². The van der Waals surface area contributed by atoms with Gasteiger partial charge in [-0.3, -0.25) is 4.21 Å². The van der Waals surface area contributed by atoms with Crippen molar-refractivity contribution >= 4 is 35.1 Å². The fraction of sp³-hybridized carbons (Fsp3) is 0.267. The van der Waals surface area contributed by atoms with E-state index in [4.69, 9.17) is 18.3 Å². The van der Waals surface area contributed by atoms with Crippen molar-refractivity contribution in [1.29, 1.82) is 0 Å². The van der Waals surface area contributed by atoms with Crippen LogP contribution in [0.3, 0.4) is 0 Å². The van der Waals surface area contributed by atoms with Crippen LogP contribution in [0.2, 0.25) is 0 Å². The molecule has 234 valence electrons. The van der Waals surface area contributed by atoms with E-state index in [-0.39, 0.29) is 49.7 Å². The van der Waals surface area contributed by atoms with Gasteiger partial charge in [0.2, 0.25) is 11.8 Å². The third kappa shape index (κ3) is 10.6. The predicted molar refractivity (Wildman–Crippen MR) is 151 cm³/mol. The highest BCUT2D eigenvalue weighted by atomic mass is 32.2. The summed E-state index contributed by atoms with van der Waals surface area (Å²) in [4.78, 5) is 8.44. The maximum absolute atomic E-state index is 12.7. The topological polar surface area (TPSA) is 87.6 Å². The second-order valence-corrected chi connectivity index (χ2v) is 10.9. The maximum atomic E-state index is 12.7. The zero-order valence-electron chi connectivity index (χ0n) is 22.9. The zero-order valence-corrected chi connectivity index (χ0v) is 23.8. The lowest BCUT2D eigenvalue weighted by Gasteiger charge is -2.05. The predicted octanol–water partition coefficient (Wildman–Crippen LogP) is 7.52. The first-order valence-electron chi connectivity index (χ1n) is 13.1. The first-order valence-corrected chi connectivity index (χ1v) is 14.5. The van der Waals surface area contributed by atoms with Gasteiger partial charge in [-0.2, -0.15) is 26.3 Å². The quantitative estimate of drug-likeness (QED) is 0.104. The second-order valence-electron chi connectivity index (χ2n) is 9.21. The van der Waals surface area contributed by atoms with E-state index in [0.29, 0.717) is 22.5 Å². The van der Waals surface area contributed by atoms with Crippen LogP contribution in [0.1, 0.15) is 45.4 Å². The summed E-state index contributed by atoms with van der Waals surface area (Å²) in [6.45, 7) is 0.697. The van der Waals surface area contributed by atoms with Crippen LogP contribution in [0.25, 0.3) is 24.3 Å². The zero-order chi connectivity index (χ0) is 31.6. The molecule has 0 aliphatic carbocycles. The summed E-state index contributed by atoms with van der Waals surface area (Å²) in [5.41, 5.74) is 0.665. The summed E-state index contributed by atoms with van der Waals surface area (Å²) in [5, 5.41) is 0. The maximum Gasteiger partial charge on any atom is 0.416 e. The fourth-order valence-electron chi connectivity index (χ4n) is 3.59. The van der Waals surface area contributed by atoms with Crippen LogP contribution in [0.15, 0.2) is 69.9 Å². The molecule has 0 unspecified atom stereocenters. The average Bonchev–Trinajstić information content (AvgIpc) is 3.64. The van der Waals surface area contributed by atoms with E-state index in [1.165, 1.54) is 48.9 Å². The summed E-state index contributed by atoms with van der Waals surface area (Å²) in [6.07, 6.45) is 0.226. The number of rotatable bonds is 14. The molecule has 7 nitrogen and oxygen atoms in total. The van der Waals surface area contributed by atoms with Gasteiger partial charge < -0.3 is 18.3 Å². The van der Waals surface area contributed by atoms with Crippen LogP contribution in [-0.4, -0.2) is 38.9 Å². The lowest BCUT2D eigenvalue weighted by molar-refractivity contribution is -0.138. The Kier molecular flexibility index (Phi) is 11.3. The minimum Gasteiger partial charge on any atom is -0.445 e. The SMILES string of the molecule is O=S(CCOCc1coc(/C=C/c2ccc(C(F)(F)F)cc2)n1)CCOCc1coc(/C=C/c2ccc(C(F)(F)F)cc2)n1. The van der Waals surface area contributed by atoms with Gasteiger partial charge in [0.1, 0.15) is 23.9 Å². The first kappa shape index (κ1) is 32.9. The monoisotopic (exact) mass is 640 g/mol. The van der Waals surface area contributed by atoms with Gasteiger partial charge in [-0.15, -0.1) is 0 Å². The van der Waals surface area contributed by atoms with E-state index in [1.807, 2.05) is 0 Å². The largest absolute Gasteiger partial charge is 0.445 e. The number of hydrogen-bond donors (Lipinski definition) is 0. The molecule has 0 saturated carbocycles. The summed E-state index contributed by atoms with van der Waals surface area (Å²) in [6, 6.07) is 9.36. The molecular formula is C30H26F6N2O5S. The molecule has 4 rings (SSSR count). The molecule has 4 aromatic rings. The van der Waals surface area contributed by atoms with Crippen molar-refractivity contribution in [3.63, 3.8) is 0 Å². The smallest absolute Gasteiger partial charge is 0.416 e. The lowest BCUT2D eigenvalue weighted by atomic mass is 10.1. The van der Waals surface area contributed by atoms with E-state index in [9.17, 15) is 30.6 Å². The summed E-state index contributed by atoms with van der Waals surface area (Å²) < 4.78 is 110. The first-order chi connectivity index (χ1) is 21.0. The van der Waals surface area contributed by atoms with Crippen molar-refractivity contribution in [1.82, 2.24) is 9.97 Å². The highest BCUT2D eigenvalue weighted by Crippen LogP contribution is 2.30. The van der Waals surface area contributed by atoms with Gasteiger partial charge in [0.25, 0.3) is 0 Å². The van der Waals surface area contributed by atoms with Crippen LogP contribution in [0, 0.1) is 0 Å². The third-order valence-corrected chi connectivity index (χ3v) is 7.11. The molecule has 0 amide bonds. The molecule has 2 aromatic heterocycles. The van der Waals surface area contributed by atoms with Gasteiger partial charge in [0, 0.05) is 34.5 Å². The highest BCUT2D eigenvalue weighted by molar-refractivity contribution is 7.85. The summed E-state index contributed by atoms with van der Waals surface area (Å²) in [7, 11) is -1.19. The van der Waals surface area contributed by atoms with Crippen LogP contribution in [0.5, 0.6) is 0 Å². The van der Waals surface area contributed by atoms with E-state index in [0.717, 1.165) is 24.3 Å². The number of alkyl halides is 6. The average molecular weight is 641 g/mol. The second kappa shape index (κ2) is 15.1. The van der Waals surface area contributed by atoms with Gasteiger partial charge in [0.15, 0.2) is 0 Å². The Bertz CT molecular complexity index is 1440. The minimum atomic E-state index is -4.39. The van der Waals surface area contributed by atoms with E-state index >= 15 is 0 Å². The molecular weight excluding hydrogens is 614 g/mol. The molecule has 2 aromatic carbocycles. The van der Waals surface area contributed by atoms with Crippen molar-refractivity contribution in [3.05, 3.63) is 106 Å². The number of aromatic nitrogens is 2. The standard InChI is InChI=1S/C30H26F6N2O5S/c31-29(32,33)23-7-1-21(2-8-23)5-11-27-37-25(19-42-27)17-40-13-15-44(39)16-14-41-18-26-20-43-28(38-26)12-6-22-3-9-24(10-4-22)30(34,35)36/h1-12,19-20H,13-18H2/b11-5+,12-6+. The van der Waals surface area contributed by atoms with Crippen molar-refractivity contribution in [2.24, 2.45) is 0 Å². The van der Waals surface area contributed by atoms with Crippen molar-refractivity contribution in [2.75, 3.05) is 24.7 Å². The Labute approximate surface area is 250 Å². The molecule has 0 radical (unpaired) electrons. The number of ether oxygens (including phenoxy) is 2. The van der Waals surface area contributed by atoms with Gasteiger partial charge >= 0.3 is 12.4 Å². The van der Waals surface area contributed by atoms with Gasteiger partial charge in [0.05, 0.1) is 37.6 Å². The Hall–Kier alpha value is -4.01. The molecule has 44 heavy (non-hydrogen) atoms. The van der Waals surface area contributed by atoms with Crippen molar-refractivity contribution < 1.29 is 48.9 Å². The van der Waals surface area contributed by atoms with E-state index < -0.39 is 34.3 Å². The minimum absolute atomic E-state index is 0.132. The molecule has 0 N–H and O–H groups in total. The van der Waals surface area contributed by atoms with Crippen LogP contribution in [-0.2, 0) is 45.8 Å². The van der Waals surface area contributed by atoms with Gasteiger partial charge in [-0.1, -0.05) is 24.3 Å². The number of oxazole rings is 2. The normalized spacial score (nSPS) is 12.7.